The summed E-state index contributed by atoms with van der Waals surface area (Å²) in [7, 11) is 6.04. The van der Waals surface area contributed by atoms with Gasteiger partial charge in [-0.2, -0.15) is 5.10 Å². The minimum absolute atomic E-state index is 0.221. The summed E-state index contributed by atoms with van der Waals surface area (Å²) >= 11 is 0. The molecule has 130 valence electrons. The number of fused-ring (bicyclic) bond motifs is 1. The van der Waals surface area contributed by atoms with Crippen molar-refractivity contribution in [3.63, 3.8) is 0 Å². The van der Waals surface area contributed by atoms with Crippen LogP contribution in [0.5, 0.6) is 0 Å². The van der Waals surface area contributed by atoms with Gasteiger partial charge in [0.25, 0.3) is 0 Å². The second-order valence-electron chi connectivity index (χ2n) is 6.53. The van der Waals surface area contributed by atoms with E-state index in [1.165, 1.54) is 0 Å². The Balaban J connectivity index is 1.74. The first kappa shape index (κ1) is 16.8. The molecule has 1 aliphatic heterocycles. The Bertz CT molecular complexity index is 668. The predicted octanol–water partition coefficient (Wildman–Crippen LogP) is 0.596. The molecule has 0 aromatic carbocycles. The van der Waals surface area contributed by atoms with Gasteiger partial charge in [-0.15, -0.1) is 10.2 Å². The van der Waals surface area contributed by atoms with Gasteiger partial charge in [-0.1, -0.05) is 5.21 Å². The summed E-state index contributed by atoms with van der Waals surface area (Å²) < 4.78 is 7.76. The second kappa shape index (κ2) is 7.23. The Morgan fingerprint density at radius 1 is 1.25 bits per heavy atom. The van der Waals surface area contributed by atoms with Crippen LogP contribution in [0, 0.1) is 6.92 Å². The molecule has 2 aromatic heterocycles. The van der Waals surface area contributed by atoms with Gasteiger partial charge in [-0.3, -0.25) is 4.68 Å². The molecular formula is C16H25N7O. The van der Waals surface area contributed by atoms with E-state index in [0.717, 1.165) is 36.0 Å². The van der Waals surface area contributed by atoms with Crippen LogP contribution in [0.4, 0.5) is 5.82 Å². The van der Waals surface area contributed by atoms with Gasteiger partial charge in [-0.05, 0) is 33.2 Å². The lowest BCUT2D eigenvalue weighted by atomic mass is 9.99. The first-order valence-electron chi connectivity index (χ1n) is 8.21. The Kier molecular flexibility index (Phi) is 5.06. The fourth-order valence-corrected chi connectivity index (χ4v) is 2.96. The lowest BCUT2D eigenvalue weighted by Crippen LogP contribution is -2.37. The molecule has 0 N–H and O–H groups in total. The zero-order chi connectivity index (χ0) is 17.1. The van der Waals surface area contributed by atoms with Gasteiger partial charge < -0.3 is 14.5 Å². The standard InChI is InChI=1S/C16H25N7O/c1-12-5-6-15(19-17-12)23-9-13(11-24-8-7-21(2)3)16-14(10-23)18-20-22(16)4/h5-6,13H,7-11H2,1-4H3. The molecule has 0 amide bonds. The zero-order valence-corrected chi connectivity index (χ0v) is 14.8. The lowest BCUT2D eigenvalue weighted by molar-refractivity contribution is 0.103. The highest BCUT2D eigenvalue weighted by atomic mass is 16.5. The number of likely N-dealkylation sites (N-methyl/N-ethyl adjacent to an activating group) is 1. The van der Waals surface area contributed by atoms with Gasteiger partial charge in [0.2, 0.25) is 0 Å². The maximum absolute atomic E-state index is 5.90. The van der Waals surface area contributed by atoms with Crippen LogP contribution in [0.25, 0.3) is 0 Å². The van der Waals surface area contributed by atoms with Crippen LogP contribution < -0.4 is 4.90 Å². The number of anilines is 1. The Hall–Kier alpha value is -2.06. The SMILES string of the molecule is Cc1ccc(N2Cc3nnn(C)c3C(COCCN(C)C)C2)nn1. The number of ether oxygens (including phenoxy) is 1. The Morgan fingerprint density at radius 2 is 2.08 bits per heavy atom. The van der Waals surface area contributed by atoms with E-state index in [1.807, 2.05) is 44.9 Å². The summed E-state index contributed by atoms with van der Waals surface area (Å²) in [5, 5.41) is 17.0. The lowest BCUT2D eigenvalue weighted by Gasteiger charge is -2.32. The number of hydrogen-bond acceptors (Lipinski definition) is 7. The normalized spacial score (nSPS) is 17.4. The van der Waals surface area contributed by atoms with Crippen molar-refractivity contribution < 1.29 is 4.74 Å². The first-order chi connectivity index (χ1) is 11.5. The Morgan fingerprint density at radius 3 is 2.79 bits per heavy atom. The Labute approximate surface area is 142 Å². The predicted molar refractivity (Wildman–Crippen MR) is 90.9 cm³/mol. The van der Waals surface area contributed by atoms with Crippen LogP contribution in [0.1, 0.15) is 23.0 Å². The largest absolute Gasteiger partial charge is 0.379 e. The van der Waals surface area contributed by atoms with Crippen molar-refractivity contribution in [1.82, 2.24) is 30.1 Å². The average Bonchev–Trinajstić information content (AvgIpc) is 2.93. The molecule has 1 atom stereocenters. The maximum Gasteiger partial charge on any atom is 0.151 e. The van der Waals surface area contributed by atoms with E-state index in [9.17, 15) is 0 Å². The summed E-state index contributed by atoms with van der Waals surface area (Å²) in [4.78, 5) is 4.32. The van der Waals surface area contributed by atoms with Crippen LogP contribution in [-0.4, -0.2) is 70.5 Å². The highest BCUT2D eigenvalue weighted by Crippen LogP contribution is 2.29. The van der Waals surface area contributed by atoms with Crippen LogP contribution in [0.3, 0.4) is 0 Å². The van der Waals surface area contributed by atoms with E-state index in [2.05, 4.69) is 30.3 Å². The maximum atomic E-state index is 5.90. The average molecular weight is 331 g/mol. The third-order valence-corrected chi connectivity index (χ3v) is 4.22. The van der Waals surface area contributed by atoms with Gasteiger partial charge in [0.15, 0.2) is 5.82 Å². The minimum Gasteiger partial charge on any atom is -0.379 e. The van der Waals surface area contributed by atoms with E-state index >= 15 is 0 Å². The summed E-state index contributed by atoms with van der Waals surface area (Å²) in [6, 6.07) is 3.99. The molecule has 0 radical (unpaired) electrons. The van der Waals surface area contributed by atoms with Gasteiger partial charge in [0.05, 0.1) is 31.1 Å². The molecule has 24 heavy (non-hydrogen) atoms. The van der Waals surface area contributed by atoms with Crippen molar-refractivity contribution in [3.8, 4) is 0 Å². The topological polar surface area (TPSA) is 72.2 Å². The minimum atomic E-state index is 0.221. The van der Waals surface area contributed by atoms with Crippen LogP contribution >= 0.6 is 0 Å². The van der Waals surface area contributed by atoms with Crippen molar-refractivity contribution in [2.45, 2.75) is 19.4 Å². The number of rotatable bonds is 6. The molecule has 1 aliphatic rings. The fraction of sp³-hybridized carbons (Fsp3) is 0.625. The number of nitrogens with zero attached hydrogens (tertiary/aromatic N) is 7. The molecule has 8 nitrogen and oxygen atoms in total. The summed E-state index contributed by atoms with van der Waals surface area (Å²) in [6.45, 7) is 5.75. The van der Waals surface area contributed by atoms with Crippen molar-refractivity contribution in [2.75, 3.05) is 45.3 Å². The molecule has 0 spiro atoms. The van der Waals surface area contributed by atoms with E-state index in [4.69, 9.17) is 4.74 Å². The first-order valence-corrected chi connectivity index (χ1v) is 8.21. The summed E-state index contributed by atoms with van der Waals surface area (Å²) in [5.41, 5.74) is 3.07. The molecule has 0 saturated heterocycles. The molecule has 0 bridgehead atoms. The molecule has 2 aromatic rings. The highest BCUT2D eigenvalue weighted by Gasteiger charge is 2.31. The highest BCUT2D eigenvalue weighted by molar-refractivity contribution is 5.42. The van der Waals surface area contributed by atoms with Crippen LogP contribution in [-0.2, 0) is 18.3 Å². The van der Waals surface area contributed by atoms with Crippen molar-refractivity contribution in [3.05, 3.63) is 29.2 Å². The molecule has 0 aliphatic carbocycles. The number of aryl methyl sites for hydroxylation is 2. The monoisotopic (exact) mass is 331 g/mol. The third-order valence-electron chi connectivity index (χ3n) is 4.22. The van der Waals surface area contributed by atoms with Crippen molar-refractivity contribution in [2.24, 2.45) is 7.05 Å². The molecule has 0 saturated carbocycles. The molecule has 0 fully saturated rings. The van der Waals surface area contributed by atoms with Crippen molar-refractivity contribution in [1.29, 1.82) is 0 Å². The van der Waals surface area contributed by atoms with E-state index < -0.39 is 0 Å². The smallest absolute Gasteiger partial charge is 0.151 e. The van der Waals surface area contributed by atoms with Crippen molar-refractivity contribution >= 4 is 5.82 Å². The zero-order valence-electron chi connectivity index (χ0n) is 14.8. The van der Waals surface area contributed by atoms with E-state index in [-0.39, 0.29) is 5.92 Å². The fourth-order valence-electron chi connectivity index (χ4n) is 2.96. The van der Waals surface area contributed by atoms with E-state index in [1.54, 1.807) is 0 Å². The second-order valence-corrected chi connectivity index (χ2v) is 6.53. The quantitative estimate of drug-likeness (QED) is 0.718. The number of aromatic nitrogens is 5. The van der Waals surface area contributed by atoms with Crippen LogP contribution in [0.2, 0.25) is 0 Å². The number of hydrogen-bond donors (Lipinski definition) is 0. The summed E-state index contributed by atoms with van der Waals surface area (Å²) in [5.74, 6) is 1.09. The molecule has 3 heterocycles. The van der Waals surface area contributed by atoms with Gasteiger partial charge in [0.1, 0.15) is 5.69 Å². The van der Waals surface area contributed by atoms with Crippen LogP contribution in [0.15, 0.2) is 12.1 Å². The molecular weight excluding hydrogens is 306 g/mol. The van der Waals surface area contributed by atoms with Gasteiger partial charge in [-0.25, -0.2) is 0 Å². The molecule has 3 rings (SSSR count). The van der Waals surface area contributed by atoms with Gasteiger partial charge in [0, 0.05) is 26.1 Å². The summed E-state index contributed by atoms with van der Waals surface area (Å²) in [6.07, 6.45) is 0. The van der Waals surface area contributed by atoms with E-state index in [0.29, 0.717) is 19.8 Å². The molecule has 8 heteroatoms. The third kappa shape index (κ3) is 3.70. The molecule has 1 unspecified atom stereocenters. The van der Waals surface area contributed by atoms with Gasteiger partial charge >= 0.3 is 0 Å².